The number of carboxylic acid groups (broad SMARTS) is 1. The lowest BCUT2D eigenvalue weighted by Crippen LogP contribution is -2.32. The molecule has 6 nitrogen and oxygen atoms in total. The molecule has 0 aliphatic rings. The van der Waals surface area contributed by atoms with Crippen molar-refractivity contribution < 1.29 is 27.4 Å². The molecule has 1 atom stereocenters. The van der Waals surface area contributed by atoms with Crippen molar-refractivity contribution in [3.05, 3.63) is 23.5 Å². The van der Waals surface area contributed by atoms with E-state index in [0.717, 1.165) is 12.3 Å². The van der Waals surface area contributed by atoms with Crippen LogP contribution in [-0.2, 0) is 21.1 Å². The highest BCUT2D eigenvalue weighted by Crippen LogP contribution is 2.29. The van der Waals surface area contributed by atoms with Gasteiger partial charge in [-0.15, -0.1) is 0 Å². The fourth-order valence-electron chi connectivity index (χ4n) is 1.57. The van der Waals surface area contributed by atoms with E-state index < -0.39 is 32.6 Å². The third-order valence-electron chi connectivity index (χ3n) is 2.50. The zero-order chi connectivity index (χ0) is 14.8. The van der Waals surface area contributed by atoms with Crippen LogP contribution >= 0.6 is 0 Å². The van der Waals surface area contributed by atoms with Gasteiger partial charge < -0.3 is 15.6 Å². The van der Waals surface area contributed by atoms with Crippen LogP contribution in [0.5, 0.6) is 5.75 Å². The lowest BCUT2D eigenvalue weighted by atomic mass is 10.1. The predicted octanol–water partition coefficient (Wildman–Crippen LogP) is 0.192. The minimum Gasteiger partial charge on any atom is -0.493 e. The van der Waals surface area contributed by atoms with E-state index >= 15 is 0 Å². The summed E-state index contributed by atoms with van der Waals surface area (Å²) in [4.78, 5) is 10.2. The Labute approximate surface area is 109 Å². The molecule has 0 spiro atoms. The Morgan fingerprint density at radius 3 is 2.53 bits per heavy atom. The minimum atomic E-state index is -3.73. The van der Waals surface area contributed by atoms with Crippen LogP contribution in [0.2, 0.25) is 0 Å². The molecular weight excluding hydrogens is 277 g/mol. The van der Waals surface area contributed by atoms with Crippen molar-refractivity contribution in [1.29, 1.82) is 0 Å². The molecule has 106 valence electrons. The number of benzene rings is 1. The molecule has 0 heterocycles. The van der Waals surface area contributed by atoms with Crippen molar-refractivity contribution in [1.82, 2.24) is 0 Å². The smallest absolute Gasteiger partial charge is 0.320 e. The molecule has 0 aromatic heterocycles. The van der Waals surface area contributed by atoms with Crippen LogP contribution in [0.1, 0.15) is 5.56 Å². The molecule has 3 N–H and O–H groups in total. The summed E-state index contributed by atoms with van der Waals surface area (Å²) in [5.74, 6) is -2.59. The van der Waals surface area contributed by atoms with Crippen LogP contribution in [0.15, 0.2) is 17.0 Å². The number of hydrogen-bond donors (Lipinski definition) is 2. The van der Waals surface area contributed by atoms with Crippen molar-refractivity contribution in [2.24, 2.45) is 5.73 Å². The van der Waals surface area contributed by atoms with E-state index in [1.165, 1.54) is 13.2 Å². The largest absolute Gasteiger partial charge is 0.493 e. The summed E-state index contributed by atoms with van der Waals surface area (Å²) < 4.78 is 41.5. The summed E-state index contributed by atoms with van der Waals surface area (Å²) in [6.07, 6.45) is 0.701. The van der Waals surface area contributed by atoms with Gasteiger partial charge in [-0.2, -0.15) is 0 Å². The number of carboxylic acids is 1. The van der Waals surface area contributed by atoms with E-state index in [1.807, 2.05) is 0 Å². The summed E-state index contributed by atoms with van der Waals surface area (Å²) in [6, 6.07) is 1.13. The number of carbonyl (C=O) groups is 1. The van der Waals surface area contributed by atoms with E-state index in [0.29, 0.717) is 0 Å². The van der Waals surface area contributed by atoms with Gasteiger partial charge in [-0.25, -0.2) is 12.8 Å². The number of rotatable bonds is 5. The van der Waals surface area contributed by atoms with Crippen LogP contribution in [0.25, 0.3) is 0 Å². The van der Waals surface area contributed by atoms with Crippen LogP contribution in [-0.4, -0.2) is 38.9 Å². The Morgan fingerprint density at radius 1 is 1.53 bits per heavy atom. The molecular formula is C11H14FNO5S. The van der Waals surface area contributed by atoms with Crippen molar-refractivity contribution in [3.8, 4) is 5.75 Å². The van der Waals surface area contributed by atoms with Gasteiger partial charge in [-0.3, -0.25) is 4.79 Å². The van der Waals surface area contributed by atoms with Gasteiger partial charge in [0.2, 0.25) is 0 Å². The molecule has 1 unspecified atom stereocenters. The van der Waals surface area contributed by atoms with E-state index in [1.54, 1.807) is 0 Å². The number of halogens is 1. The van der Waals surface area contributed by atoms with E-state index in [-0.39, 0.29) is 17.7 Å². The van der Waals surface area contributed by atoms with Crippen molar-refractivity contribution in [2.75, 3.05) is 13.4 Å². The molecule has 0 radical (unpaired) electrons. The summed E-state index contributed by atoms with van der Waals surface area (Å²) in [6.45, 7) is 0. The molecule has 0 saturated heterocycles. The minimum absolute atomic E-state index is 0.167. The Hall–Kier alpha value is -1.67. The average molecular weight is 291 g/mol. The van der Waals surface area contributed by atoms with Crippen LogP contribution in [0, 0.1) is 5.82 Å². The first-order chi connectivity index (χ1) is 8.68. The first-order valence-electron chi connectivity index (χ1n) is 5.22. The number of hydrogen-bond acceptors (Lipinski definition) is 5. The highest BCUT2D eigenvalue weighted by Gasteiger charge is 2.23. The second-order valence-corrected chi connectivity index (χ2v) is 5.98. The molecule has 0 amide bonds. The third kappa shape index (κ3) is 3.42. The molecule has 1 aromatic carbocycles. The number of nitrogens with two attached hydrogens (primary N) is 1. The van der Waals surface area contributed by atoms with Crippen molar-refractivity contribution >= 4 is 15.8 Å². The third-order valence-corrected chi connectivity index (χ3v) is 3.62. The molecule has 8 heteroatoms. The quantitative estimate of drug-likeness (QED) is 0.802. The highest BCUT2D eigenvalue weighted by molar-refractivity contribution is 7.90. The number of sulfone groups is 1. The maximum absolute atomic E-state index is 14.0. The van der Waals surface area contributed by atoms with Gasteiger partial charge in [0.25, 0.3) is 0 Å². The van der Waals surface area contributed by atoms with Gasteiger partial charge in [0.05, 0.1) is 7.11 Å². The number of ether oxygens (including phenoxy) is 1. The Bertz CT molecular complexity index is 599. The van der Waals surface area contributed by atoms with Gasteiger partial charge in [0.1, 0.15) is 10.9 Å². The van der Waals surface area contributed by atoms with E-state index in [2.05, 4.69) is 0 Å². The van der Waals surface area contributed by atoms with E-state index in [9.17, 15) is 17.6 Å². The molecule has 1 aromatic rings. The normalized spacial score (nSPS) is 13.1. The SMILES string of the molecule is COc1c(CC(N)C(=O)O)ccc(S(C)(=O)=O)c1F. The van der Waals surface area contributed by atoms with Gasteiger partial charge in [0.15, 0.2) is 21.4 Å². The summed E-state index contributed by atoms with van der Waals surface area (Å²) >= 11 is 0. The molecule has 0 bridgehead atoms. The second-order valence-electron chi connectivity index (χ2n) is 3.99. The summed E-state index contributed by atoms with van der Waals surface area (Å²) in [5, 5.41) is 8.70. The lowest BCUT2D eigenvalue weighted by molar-refractivity contribution is -0.138. The average Bonchev–Trinajstić information content (AvgIpc) is 2.27. The van der Waals surface area contributed by atoms with Crippen LogP contribution < -0.4 is 10.5 Å². The second kappa shape index (κ2) is 5.54. The fraction of sp³-hybridized carbons (Fsp3) is 0.364. The zero-order valence-corrected chi connectivity index (χ0v) is 11.2. The molecule has 0 aliphatic heterocycles. The Kier molecular flexibility index (Phi) is 4.48. The number of methoxy groups -OCH3 is 1. The zero-order valence-electron chi connectivity index (χ0n) is 10.4. The first kappa shape index (κ1) is 15.4. The maximum atomic E-state index is 14.0. The molecule has 0 fully saturated rings. The summed E-state index contributed by atoms with van der Waals surface area (Å²) in [7, 11) is -2.56. The summed E-state index contributed by atoms with van der Waals surface area (Å²) in [5.41, 5.74) is 5.55. The van der Waals surface area contributed by atoms with Gasteiger partial charge >= 0.3 is 5.97 Å². The predicted molar refractivity (Wildman–Crippen MR) is 65.4 cm³/mol. The Balaban J connectivity index is 3.31. The van der Waals surface area contributed by atoms with E-state index in [4.69, 9.17) is 15.6 Å². The standard InChI is InChI=1S/C11H14FNO5S/c1-18-10-6(5-7(13)11(14)15)3-4-8(9(10)12)19(2,16)17/h3-4,7H,5,13H2,1-2H3,(H,14,15). The lowest BCUT2D eigenvalue weighted by Gasteiger charge is -2.13. The first-order valence-corrected chi connectivity index (χ1v) is 7.11. The molecule has 0 aliphatic carbocycles. The van der Waals surface area contributed by atoms with Crippen molar-refractivity contribution in [3.63, 3.8) is 0 Å². The Morgan fingerprint density at radius 2 is 2.11 bits per heavy atom. The van der Waals surface area contributed by atoms with Crippen molar-refractivity contribution in [2.45, 2.75) is 17.4 Å². The number of aliphatic carboxylic acids is 1. The van der Waals surface area contributed by atoms with Crippen LogP contribution in [0.4, 0.5) is 4.39 Å². The highest BCUT2D eigenvalue weighted by atomic mass is 32.2. The monoisotopic (exact) mass is 291 g/mol. The molecule has 0 saturated carbocycles. The van der Waals surface area contributed by atoms with Gasteiger partial charge in [-0.1, -0.05) is 6.07 Å². The van der Waals surface area contributed by atoms with Gasteiger partial charge in [-0.05, 0) is 11.6 Å². The molecule has 19 heavy (non-hydrogen) atoms. The van der Waals surface area contributed by atoms with Crippen LogP contribution in [0.3, 0.4) is 0 Å². The maximum Gasteiger partial charge on any atom is 0.320 e. The fourth-order valence-corrected chi connectivity index (χ4v) is 2.30. The topological polar surface area (TPSA) is 107 Å². The molecule has 1 rings (SSSR count). The van der Waals surface area contributed by atoms with Gasteiger partial charge in [0, 0.05) is 12.7 Å².